The number of hydrogen-bond acceptors (Lipinski definition) is 26. The summed E-state index contributed by atoms with van der Waals surface area (Å²) in [6, 6.07) is 29.5. The zero-order valence-electron chi connectivity index (χ0n) is 82.3. The van der Waals surface area contributed by atoms with E-state index < -0.39 is 6.04 Å². The molecular weight excluding hydrogens is 1950 g/mol. The van der Waals surface area contributed by atoms with Crippen LogP contribution in [-0.2, 0) is 39.1 Å². The highest BCUT2D eigenvalue weighted by molar-refractivity contribution is 7.16. The van der Waals surface area contributed by atoms with Crippen LogP contribution in [0.1, 0.15) is 201 Å². The number of aromatic nitrogens is 16. The number of fused-ring (bicyclic) bond motifs is 12. The van der Waals surface area contributed by atoms with Gasteiger partial charge in [-0.15, -0.1) is 86.1 Å². The van der Waals surface area contributed by atoms with Gasteiger partial charge in [-0.25, -0.2) is 9.97 Å². The van der Waals surface area contributed by atoms with Crippen LogP contribution in [0.3, 0.4) is 0 Å². The molecule has 2 fully saturated rings. The van der Waals surface area contributed by atoms with E-state index in [9.17, 15) is 19.2 Å². The summed E-state index contributed by atoms with van der Waals surface area (Å²) in [5.41, 5.74) is 17.4. The Morgan fingerprint density at radius 1 is 0.366 bits per heavy atom. The third-order valence-corrected chi connectivity index (χ3v) is 32.4. The summed E-state index contributed by atoms with van der Waals surface area (Å²) in [6.45, 7) is 36.3. The predicted molar refractivity (Wildman–Crippen MR) is 565 cm³/mol. The van der Waals surface area contributed by atoms with E-state index in [1.807, 2.05) is 143 Å². The molecule has 20 rings (SSSR count). The number of H-pyrrole nitrogens is 1. The van der Waals surface area contributed by atoms with Gasteiger partial charge in [0.25, 0.3) is 0 Å². The highest BCUT2D eigenvalue weighted by Crippen LogP contribution is 2.45. The maximum absolute atomic E-state index is 12.8. The van der Waals surface area contributed by atoms with E-state index in [-0.39, 0.29) is 41.8 Å². The minimum Gasteiger partial charge on any atom is -0.353 e. The van der Waals surface area contributed by atoms with Crippen LogP contribution in [0.5, 0.6) is 0 Å². The average Bonchev–Trinajstić information content (AvgIpc) is 1.60. The van der Waals surface area contributed by atoms with Crippen LogP contribution in [0.15, 0.2) is 142 Å². The predicted octanol–water partition coefficient (Wildman–Crippen LogP) is 16.1. The van der Waals surface area contributed by atoms with Crippen LogP contribution in [0.2, 0.25) is 20.1 Å². The zero-order valence-corrected chi connectivity index (χ0v) is 88.6. The van der Waals surface area contributed by atoms with Gasteiger partial charge >= 0.3 is 0 Å². The van der Waals surface area contributed by atoms with E-state index in [4.69, 9.17) is 66.4 Å². The van der Waals surface area contributed by atoms with Gasteiger partial charge in [-0.3, -0.25) is 57.4 Å². The Kier molecular flexibility index (Phi) is 32.2. The molecule has 6 aliphatic heterocycles. The number of aliphatic imine (C=N–C) groups is 4. The number of aromatic amines is 1. The number of nitrogens with one attached hydrogen (secondary N) is 5. The lowest BCUT2D eigenvalue weighted by molar-refractivity contribution is -0.122. The second-order valence-corrected chi connectivity index (χ2v) is 43.1. The van der Waals surface area contributed by atoms with Crippen molar-refractivity contribution >= 4 is 138 Å². The first-order valence-electron chi connectivity index (χ1n) is 47.7. The minimum absolute atomic E-state index is 0.0333. The summed E-state index contributed by atoms with van der Waals surface area (Å²) in [6.07, 6.45) is 10.8. The van der Waals surface area contributed by atoms with Crippen molar-refractivity contribution in [2.75, 3.05) is 106 Å². The number of piperazine rings is 2. The number of carbonyl (C=O) groups is 4. The first-order chi connectivity index (χ1) is 68.4. The molecule has 2 saturated heterocycles. The molecule has 32 nitrogen and oxygen atoms in total. The summed E-state index contributed by atoms with van der Waals surface area (Å²) in [4.78, 5) is 97.4. The van der Waals surface area contributed by atoms with Crippen molar-refractivity contribution in [2.45, 2.75) is 152 Å². The maximum atomic E-state index is 12.8. The average molecular weight is 2070 g/mol. The normalized spacial score (nSPS) is 16.6. The fraction of sp³-hybridized carbons (Fsp3) is 0.392. The summed E-state index contributed by atoms with van der Waals surface area (Å²) in [5.74, 6) is 6.91. The van der Waals surface area contributed by atoms with Gasteiger partial charge in [0, 0.05) is 227 Å². The Hall–Kier alpha value is -11.8. The van der Waals surface area contributed by atoms with E-state index in [2.05, 4.69) is 184 Å². The molecular formula is C102H116Cl4N28O4S4. The number of benzene rings is 4. The Morgan fingerprint density at radius 2 is 0.662 bits per heavy atom. The number of aryl methyl sites for hydroxylation is 11. The van der Waals surface area contributed by atoms with E-state index in [1.54, 1.807) is 64.1 Å². The Balaban J connectivity index is 0.000000130. The molecule has 142 heavy (non-hydrogen) atoms. The lowest BCUT2D eigenvalue weighted by atomic mass is 10.00. The van der Waals surface area contributed by atoms with Crippen LogP contribution >= 0.6 is 91.8 Å². The minimum atomic E-state index is -0.390. The largest absolute Gasteiger partial charge is 0.353 e. The third-order valence-electron chi connectivity index (χ3n) is 26.6. The van der Waals surface area contributed by atoms with E-state index in [1.165, 1.54) is 41.8 Å². The SMILES string of the molecule is Cc1sc2c(c1C)C(c1ccc(Cl)cc1)=N[C@@H](CNC(=O)CCCN1CCN(C)CC1)c1nnc(C)n1-2.Cc1sc2c(c1C)C(c1ccc(Cl)cc1)=N[C@@H](CNC(=O)CCN1CCN(C)CC1)c1nnc(C)n1-2.Cc1sc2c(c1C)C(c1ccc(Cl)cc1)=N[C@@H](CNC(=O)CCc1cn(C)cn1)c1nnc(C)n1-2.Cc1sc2c(c1C)C(c1ccc(Cl)cc1)=N[C@@H](CNC(=O)CCc1ncc[nH]1)c1nnc(C)n1-2. The van der Waals surface area contributed by atoms with Crippen LogP contribution < -0.4 is 21.3 Å². The summed E-state index contributed by atoms with van der Waals surface area (Å²) in [5, 5.41) is 54.7. The van der Waals surface area contributed by atoms with Gasteiger partial charge < -0.3 is 50.4 Å². The van der Waals surface area contributed by atoms with Crippen LogP contribution in [0, 0.1) is 83.1 Å². The smallest absolute Gasteiger partial charge is 0.221 e. The van der Waals surface area contributed by atoms with Crippen molar-refractivity contribution in [1.29, 1.82) is 0 Å². The topological polar surface area (TPSA) is 348 Å². The maximum Gasteiger partial charge on any atom is 0.221 e. The van der Waals surface area contributed by atoms with E-state index in [0.29, 0.717) is 84.8 Å². The number of nitrogens with zero attached hydrogens (tertiary/aromatic N) is 23. The fourth-order valence-corrected chi connectivity index (χ4v) is 23.5. The van der Waals surface area contributed by atoms with Gasteiger partial charge in [-0.2, -0.15) is 0 Å². The first kappa shape index (κ1) is 102. The molecule has 0 bridgehead atoms. The molecule has 10 aromatic heterocycles. The molecule has 0 unspecified atom stereocenters. The fourth-order valence-electron chi connectivity index (χ4n) is 18.1. The molecule has 0 saturated carbocycles. The van der Waals surface area contributed by atoms with Crippen LogP contribution in [0.25, 0.3) is 20.0 Å². The van der Waals surface area contributed by atoms with Crippen molar-refractivity contribution in [3.63, 3.8) is 0 Å². The standard InChI is InChI=1S/C27H34ClN7OS.C26H32ClN7OS.C25H26ClN7OS.C24H24ClN7OS/c1-17-18(2)37-27-24(17)25(20-7-9-21(28)10-8-20)30-22(26-32-31-19(3)35(26)27)16-29-23(36)6-5-11-34-14-12-33(4)13-15-34;1-16-17(2)36-26-23(16)24(19-5-7-20(27)8-6-19)29-21(25-31-30-18(3)34(25)26)15-28-22(35)9-10-33-13-11-32(4)12-14-33;1-14-15(2)35-25-22(14)23(17-5-7-18(26)8-6-17)29-20(24-31-30-16(3)33(24)25)11-27-21(34)10-9-19-12-32(4)13-28-19;1-13-14(2)34-24-21(13)22(16-4-6-17(25)7-5-16)29-18(23-31-30-15(3)32(23)24)12-28-20(33)9-8-19-26-10-11-27-19/h7-10,22H,5-6,11-16H2,1-4H3,(H,29,36);5-8,21H,9-15H2,1-4H3,(H,28,35);5-8,12-13,20H,9-11H2,1-4H3,(H,27,34);4-7,10-11,18H,8-9,12H2,1-3H3,(H,26,27)(H,28,33)/t22-;21-;20-;18-/m0000/s1. The molecule has 0 radical (unpaired) electrons. The monoisotopic (exact) mass is 2060 g/mol. The molecule has 0 spiro atoms. The zero-order chi connectivity index (χ0) is 100. The van der Waals surface area contributed by atoms with Crippen molar-refractivity contribution in [2.24, 2.45) is 27.0 Å². The van der Waals surface area contributed by atoms with Crippen molar-refractivity contribution in [1.82, 2.24) is 119 Å². The number of thiophene rings is 4. The molecule has 5 N–H and O–H groups in total. The second-order valence-electron chi connectivity index (χ2n) is 36.5. The molecule has 4 atom stereocenters. The highest BCUT2D eigenvalue weighted by Gasteiger charge is 2.38. The van der Waals surface area contributed by atoms with E-state index in [0.717, 1.165) is 217 Å². The lowest BCUT2D eigenvalue weighted by Crippen LogP contribution is -2.45. The Morgan fingerprint density at radius 3 is 0.958 bits per heavy atom. The number of halogens is 4. The number of rotatable bonds is 25. The lowest BCUT2D eigenvalue weighted by Gasteiger charge is -2.32. The first-order valence-corrected chi connectivity index (χ1v) is 52.4. The van der Waals surface area contributed by atoms with Crippen LogP contribution in [0.4, 0.5) is 0 Å². The van der Waals surface area contributed by atoms with Gasteiger partial charge in [0.1, 0.15) is 73.3 Å². The molecule has 4 amide bonds. The van der Waals surface area contributed by atoms with Crippen molar-refractivity contribution in [3.8, 4) is 20.0 Å². The van der Waals surface area contributed by atoms with Crippen molar-refractivity contribution in [3.05, 3.63) is 286 Å². The Bertz CT molecular complexity index is 7060. The quantitative estimate of drug-likeness (QED) is 0.0355. The summed E-state index contributed by atoms with van der Waals surface area (Å²) >= 11 is 31.6. The number of amides is 4. The van der Waals surface area contributed by atoms with E-state index >= 15 is 0 Å². The number of carbonyl (C=O) groups excluding carboxylic acids is 4. The van der Waals surface area contributed by atoms with Gasteiger partial charge in [-0.05, 0) is 187 Å². The summed E-state index contributed by atoms with van der Waals surface area (Å²) < 4.78 is 10.2. The van der Waals surface area contributed by atoms with Crippen molar-refractivity contribution < 1.29 is 19.2 Å². The summed E-state index contributed by atoms with van der Waals surface area (Å²) in [7, 11) is 6.21. The third kappa shape index (κ3) is 22.9. The van der Waals surface area contributed by atoms with Gasteiger partial charge in [-0.1, -0.05) is 94.9 Å². The molecule has 14 aromatic rings. The van der Waals surface area contributed by atoms with Gasteiger partial charge in [0.2, 0.25) is 23.6 Å². The number of imidazole rings is 2. The second kappa shape index (κ2) is 45.0. The molecule has 16 heterocycles. The highest BCUT2D eigenvalue weighted by atomic mass is 35.5. The Labute approximate surface area is 861 Å². The van der Waals surface area contributed by atoms with Crippen LogP contribution in [-0.4, -0.2) is 250 Å². The van der Waals surface area contributed by atoms with Gasteiger partial charge in [0.05, 0.1) is 34.9 Å². The molecule has 4 aromatic carbocycles. The molecule has 6 aliphatic rings. The molecule has 740 valence electrons. The van der Waals surface area contributed by atoms with Gasteiger partial charge in [0.15, 0.2) is 23.3 Å². The molecule has 0 aliphatic carbocycles. The molecule has 40 heteroatoms. The number of hydrogen-bond donors (Lipinski definition) is 5. The number of likely N-dealkylation sites (N-methyl/N-ethyl adjacent to an activating group) is 2.